The van der Waals surface area contributed by atoms with E-state index < -0.39 is 6.10 Å². The summed E-state index contributed by atoms with van der Waals surface area (Å²) in [6.07, 6.45) is 3.03. The van der Waals surface area contributed by atoms with Crippen molar-refractivity contribution in [3.05, 3.63) is 28.4 Å². The molecule has 0 spiro atoms. The van der Waals surface area contributed by atoms with E-state index in [0.29, 0.717) is 12.0 Å². The molecule has 1 fully saturated rings. The van der Waals surface area contributed by atoms with Gasteiger partial charge in [0.05, 0.1) is 24.0 Å². The Bertz CT molecular complexity index is 349. The highest BCUT2D eigenvalue weighted by atomic mass is 16.3. The maximum Gasteiger partial charge on any atom is 0.255 e. The standard InChI is InChI=1S/C8H11N3O2/c12-6-1-2-10-7(6)5-3-9-4-11-8(5)13/h3-4,6-7,10,12H,1-2H2,(H,9,11,13). The van der Waals surface area contributed by atoms with Crippen LogP contribution in [-0.2, 0) is 0 Å². The number of aliphatic hydroxyl groups is 1. The van der Waals surface area contributed by atoms with E-state index in [1.807, 2.05) is 0 Å². The van der Waals surface area contributed by atoms with Gasteiger partial charge in [0.2, 0.25) is 0 Å². The van der Waals surface area contributed by atoms with E-state index in [2.05, 4.69) is 15.3 Å². The van der Waals surface area contributed by atoms with Gasteiger partial charge in [0.15, 0.2) is 0 Å². The van der Waals surface area contributed by atoms with Gasteiger partial charge in [0.25, 0.3) is 5.56 Å². The van der Waals surface area contributed by atoms with Crippen LogP contribution >= 0.6 is 0 Å². The molecule has 3 N–H and O–H groups in total. The van der Waals surface area contributed by atoms with Crippen LogP contribution in [0.25, 0.3) is 0 Å². The summed E-state index contributed by atoms with van der Waals surface area (Å²) in [5, 5.41) is 12.6. The van der Waals surface area contributed by atoms with Crippen LogP contribution < -0.4 is 10.9 Å². The van der Waals surface area contributed by atoms with Crippen molar-refractivity contribution in [1.29, 1.82) is 0 Å². The number of nitrogens with one attached hydrogen (secondary N) is 2. The molecule has 0 bridgehead atoms. The molecule has 0 amide bonds. The number of hydrogen-bond acceptors (Lipinski definition) is 4. The van der Waals surface area contributed by atoms with Crippen molar-refractivity contribution >= 4 is 0 Å². The quantitative estimate of drug-likeness (QED) is 0.528. The summed E-state index contributed by atoms with van der Waals surface area (Å²) in [7, 11) is 0. The first-order chi connectivity index (χ1) is 6.29. The lowest BCUT2D eigenvalue weighted by Gasteiger charge is -2.12. The third kappa shape index (κ3) is 1.48. The fourth-order valence-corrected chi connectivity index (χ4v) is 1.58. The SMILES string of the molecule is O=c1[nH]cncc1C1NCCC1O. The molecule has 1 saturated heterocycles. The van der Waals surface area contributed by atoms with Crippen LogP contribution in [0.3, 0.4) is 0 Å². The van der Waals surface area contributed by atoms with Crippen molar-refractivity contribution in [2.75, 3.05) is 6.54 Å². The third-order valence-electron chi connectivity index (χ3n) is 2.27. The van der Waals surface area contributed by atoms with Crippen LogP contribution in [0.1, 0.15) is 18.0 Å². The Hall–Kier alpha value is -1.20. The molecular weight excluding hydrogens is 170 g/mol. The maximum absolute atomic E-state index is 11.3. The highest BCUT2D eigenvalue weighted by Crippen LogP contribution is 2.19. The molecule has 70 valence electrons. The predicted molar refractivity (Wildman–Crippen MR) is 46.2 cm³/mol. The van der Waals surface area contributed by atoms with Gasteiger partial charge in [-0.1, -0.05) is 0 Å². The summed E-state index contributed by atoms with van der Waals surface area (Å²) in [6.45, 7) is 0.736. The molecule has 5 heteroatoms. The van der Waals surface area contributed by atoms with Gasteiger partial charge in [0, 0.05) is 6.20 Å². The summed E-state index contributed by atoms with van der Waals surface area (Å²) in [5.41, 5.74) is 0.320. The summed E-state index contributed by atoms with van der Waals surface area (Å²) in [5.74, 6) is 0. The van der Waals surface area contributed by atoms with Gasteiger partial charge in [0.1, 0.15) is 0 Å². The van der Waals surface area contributed by atoms with Crippen LogP contribution in [0.15, 0.2) is 17.3 Å². The molecule has 5 nitrogen and oxygen atoms in total. The van der Waals surface area contributed by atoms with E-state index in [0.717, 1.165) is 6.54 Å². The van der Waals surface area contributed by atoms with E-state index in [1.54, 1.807) is 0 Å². The molecule has 0 aromatic carbocycles. The zero-order valence-electron chi connectivity index (χ0n) is 7.03. The van der Waals surface area contributed by atoms with Gasteiger partial charge in [-0.2, -0.15) is 0 Å². The number of hydrogen-bond donors (Lipinski definition) is 3. The summed E-state index contributed by atoms with van der Waals surface area (Å²) in [6, 6.07) is -0.266. The molecule has 2 unspecified atom stereocenters. The molecular formula is C8H11N3O2. The van der Waals surface area contributed by atoms with Gasteiger partial charge in [-0.25, -0.2) is 4.98 Å². The molecule has 1 aromatic heterocycles. The minimum Gasteiger partial charge on any atom is -0.391 e. The first-order valence-electron chi connectivity index (χ1n) is 4.23. The number of nitrogens with zero attached hydrogens (tertiary/aromatic N) is 1. The maximum atomic E-state index is 11.3. The molecule has 2 heterocycles. The van der Waals surface area contributed by atoms with Gasteiger partial charge < -0.3 is 15.4 Å². The van der Waals surface area contributed by atoms with Gasteiger partial charge in [-0.15, -0.1) is 0 Å². The fraction of sp³-hybridized carbons (Fsp3) is 0.500. The van der Waals surface area contributed by atoms with E-state index >= 15 is 0 Å². The lowest BCUT2D eigenvalue weighted by molar-refractivity contribution is 0.159. The second-order valence-corrected chi connectivity index (χ2v) is 3.12. The van der Waals surface area contributed by atoms with E-state index in [1.165, 1.54) is 12.5 Å². The van der Waals surface area contributed by atoms with Crippen LogP contribution in [0.4, 0.5) is 0 Å². The number of aromatic amines is 1. The second kappa shape index (κ2) is 3.27. The topological polar surface area (TPSA) is 78.0 Å². The van der Waals surface area contributed by atoms with E-state index in [4.69, 9.17) is 0 Å². The van der Waals surface area contributed by atoms with Gasteiger partial charge >= 0.3 is 0 Å². The van der Waals surface area contributed by atoms with Crippen molar-refractivity contribution in [2.45, 2.75) is 18.6 Å². The van der Waals surface area contributed by atoms with Crippen molar-refractivity contribution in [1.82, 2.24) is 15.3 Å². The fourth-order valence-electron chi connectivity index (χ4n) is 1.58. The zero-order chi connectivity index (χ0) is 9.26. The first kappa shape index (κ1) is 8.40. The Morgan fingerprint density at radius 2 is 2.46 bits per heavy atom. The van der Waals surface area contributed by atoms with Crippen molar-refractivity contribution < 1.29 is 5.11 Å². The lowest BCUT2D eigenvalue weighted by Crippen LogP contribution is -2.28. The largest absolute Gasteiger partial charge is 0.391 e. The van der Waals surface area contributed by atoms with Crippen molar-refractivity contribution in [3.8, 4) is 0 Å². The smallest absolute Gasteiger partial charge is 0.255 e. The average Bonchev–Trinajstić information content (AvgIpc) is 2.52. The Morgan fingerprint density at radius 1 is 1.62 bits per heavy atom. The van der Waals surface area contributed by atoms with Crippen LogP contribution in [0.2, 0.25) is 0 Å². The first-order valence-corrected chi connectivity index (χ1v) is 4.23. The Balaban J connectivity index is 2.35. The molecule has 0 radical (unpaired) electrons. The number of aliphatic hydroxyl groups excluding tert-OH is 1. The van der Waals surface area contributed by atoms with Crippen LogP contribution in [-0.4, -0.2) is 27.7 Å². The molecule has 2 rings (SSSR count). The predicted octanol–water partition coefficient (Wildman–Crippen LogP) is -0.835. The van der Waals surface area contributed by atoms with Crippen LogP contribution in [0.5, 0.6) is 0 Å². The number of H-pyrrole nitrogens is 1. The Morgan fingerprint density at radius 3 is 3.08 bits per heavy atom. The van der Waals surface area contributed by atoms with Gasteiger partial charge in [-0.05, 0) is 13.0 Å². The van der Waals surface area contributed by atoms with E-state index in [-0.39, 0.29) is 11.6 Å². The van der Waals surface area contributed by atoms with Crippen molar-refractivity contribution in [2.24, 2.45) is 0 Å². The normalized spacial score (nSPS) is 27.8. The zero-order valence-corrected chi connectivity index (χ0v) is 7.03. The number of aromatic nitrogens is 2. The molecule has 0 aliphatic carbocycles. The van der Waals surface area contributed by atoms with Gasteiger partial charge in [-0.3, -0.25) is 4.79 Å². The second-order valence-electron chi connectivity index (χ2n) is 3.12. The van der Waals surface area contributed by atoms with Crippen LogP contribution in [0, 0.1) is 0 Å². The average molecular weight is 181 g/mol. The minimum absolute atomic E-state index is 0.187. The molecule has 0 saturated carbocycles. The lowest BCUT2D eigenvalue weighted by atomic mass is 10.1. The Labute approximate surface area is 74.8 Å². The summed E-state index contributed by atoms with van der Waals surface area (Å²) >= 11 is 0. The third-order valence-corrected chi connectivity index (χ3v) is 2.27. The highest BCUT2D eigenvalue weighted by Gasteiger charge is 2.28. The molecule has 1 aromatic rings. The molecule has 1 aliphatic heterocycles. The minimum atomic E-state index is -0.481. The monoisotopic (exact) mass is 181 g/mol. The molecule has 13 heavy (non-hydrogen) atoms. The highest BCUT2D eigenvalue weighted by molar-refractivity contribution is 5.13. The Kier molecular flexibility index (Phi) is 2.12. The molecule has 2 atom stereocenters. The number of rotatable bonds is 1. The summed E-state index contributed by atoms with van der Waals surface area (Å²) in [4.78, 5) is 17.6. The molecule has 1 aliphatic rings. The van der Waals surface area contributed by atoms with Crippen molar-refractivity contribution in [3.63, 3.8) is 0 Å². The summed E-state index contributed by atoms with van der Waals surface area (Å²) < 4.78 is 0. The van der Waals surface area contributed by atoms with E-state index in [9.17, 15) is 9.90 Å².